The molecule has 5 N–H and O–H groups in total. The molecule has 0 aliphatic rings. The van der Waals surface area contributed by atoms with E-state index in [1.54, 1.807) is 0 Å². The fourth-order valence-electron chi connectivity index (χ4n) is 3.26. The van der Waals surface area contributed by atoms with Gasteiger partial charge < -0.3 is 5.11 Å². The van der Waals surface area contributed by atoms with Gasteiger partial charge in [-0.1, -0.05) is 0 Å². The molecule has 3 aromatic rings. The van der Waals surface area contributed by atoms with Crippen LogP contribution in [0, 0.1) is 0 Å². The number of rotatable bonds is 10. The quantitative estimate of drug-likeness (QED) is 0.149. The number of phenols is 1. The highest BCUT2D eigenvalue weighted by Crippen LogP contribution is 2.44. The fraction of sp³-hybridized carbons (Fsp3) is 0.111. The van der Waals surface area contributed by atoms with E-state index in [0.717, 1.165) is 24.3 Å². The van der Waals surface area contributed by atoms with E-state index in [-0.39, 0.29) is 16.6 Å². The number of fused-ring (bicyclic) bond motifs is 1. The maximum Gasteiger partial charge on any atom is 0.397 e. The lowest BCUT2D eigenvalue weighted by molar-refractivity contribution is 0.284. The zero-order valence-corrected chi connectivity index (χ0v) is 23.7. The predicted molar refractivity (Wildman–Crippen MR) is 135 cm³/mol. The van der Waals surface area contributed by atoms with Gasteiger partial charge in [-0.2, -0.15) is 38.8 Å². The average Bonchev–Trinajstić information content (AvgIpc) is 2.80. The first kappa shape index (κ1) is 32.4. The van der Waals surface area contributed by atoms with Crippen LogP contribution in [0.1, 0.15) is 0 Å². The van der Waals surface area contributed by atoms with Crippen molar-refractivity contribution >= 4 is 72.7 Å². The molecule has 0 amide bonds. The van der Waals surface area contributed by atoms with Gasteiger partial charge in [0.05, 0.1) is 27.8 Å². The van der Waals surface area contributed by atoms with Gasteiger partial charge in [-0.3, -0.25) is 18.2 Å². The molecule has 23 heteroatoms. The van der Waals surface area contributed by atoms with E-state index in [1.807, 2.05) is 0 Å². The second kappa shape index (κ2) is 10.9. The molecule has 0 saturated carbocycles. The van der Waals surface area contributed by atoms with Crippen molar-refractivity contribution in [3.63, 3.8) is 0 Å². The molecule has 224 valence electrons. The van der Waals surface area contributed by atoms with E-state index >= 15 is 0 Å². The average molecular weight is 677 g/mol. The Labute approximate surface area is 232 Å². The molecule has 3 aromatic carbocycles. The minimum absolute atomic E-state index is 0.198. The molecule has 0 fully saturated rings. The second-order valence-electron chi connectivity index (χ2n) is 7.78. The summed E-state index contributed by atoms with van der Waals surface area (Å²) in [5.74, 6) is -2.17. The largest absolute Gasteiger partial charge is 0.505 e. The van der Waals surface area contributed by atoms with Crippen LogP contribution in [0.15, 0.2) is 72.3 Å². The Hall–Kier alpha value is -3.13. The predicted octanol–water partition coefficient (Wildman–Crippen LogP) is 1.29. The molecule has 0 bridgehead atoms. The Balaban J connectivity index is 2.15. The smallest absolute Gasteiger partial charge is 0.397 e. The summed E-state index contributed by atoms with van der Waals surface area (Å²) < 4.78 is 158. The highest BCUT2D eigenvalue weighted by molar-refractivity contribution is 7.91. The van der Waals surface area contributed by atoms with Crippen LogP contribution in [-0.2, 0) is 54.8 Å². The number of hydrogen-bond acceptors (Lipinski definition) is 14. The molecule has 0 aliphatic carbocycles. The Bertz CT molecular complexity index is 2120. The van der Waals surface area contributed by atoms with Crippen molar-refractivity contribution in [3.8, 4) is 5.75 Å². The topological polar surface area (TPSA) is 306 Å². The summed E-state index contributed by atoms with van der Waals surface area (Å²) in [5.41, 5.74) is -1.28. The zero-order chi connectivity index (χ0) is 31.2. The van der Waals surface area contributed by atoms with Crippen molar-refractivity contribution in [3.05, 3.63) is 42.5 Å². The summed E-state index contributed by atoms with van der Waals surface area (Å²) in [4.78, 5) is -3.98. The van der Waals surface area contributed by atoms with Crippen molar-refractivity contribution in [2.24, 2.45) is 10.2 Å². The Kier molecular flexibility index (Phi) is 8.64. The standard InChI is InChI=1S/C18H16N2O16S5/c21-18-16-10(7-13(38(24,25)26)9-14(16)39(27,28)29)8-15(40(30,31)32)17(18)20-19-11-1-3-12(4-2-11)37(22,23)6-5-36-41(33,34)35/h1-4,7-9,21H,5-6H2,(H,24,25,26)(H,27,28,29)(H,30,31,32)(H,33,34,35). The number of aromatic hydroxyl groups is 1. The van der Waals surface area contributed by atoms with Crippen molar-refractivity contribution < 1.29 is 69.6 Å². The normalized spacial score (nSPS) is 13.7. The van der Waals surface area contributed by atoms with E-state index in [0.29, 0.717) is 12.1 Å². The SMILES string of the molecule is O=S(=O)(O)OCCS(=O)(=O)c1ccc(N=Nc2c(S(=O)(=O)O)cc3cc(S(=O)(=O)O)cc(S(=O)(=O)O)c3c2O)cc1. The van der Waals surface area contributed by atoms with Gasteiger partial charge in [0, 0.05) is 5.39 Å². The summed E-state index contributed by atoms with van der Waals surface area (Å²) in [6, 6.07) is 5.26. The molecule has 0 saturated heterocycles. The lowest BCUT2D eigenvalue weighted by Gasteiger charge is -2.12. The first-order valence-electron chi connectivity index (χ1n) is 10.1. The van der Waals surface area contributed by atoms with Crippen molar-refractivity contribution in [2.45, 2.75) is 19.6 Å². The maximum atomic E-state index is 12.3. The van der Waals surface area contributed by atoms with Gasteiger partial charge in [-0.05, 0) is 47.9 Å². The summed E-state index contributed by atoms with van der Waals surface area (Å²) in [6.07, 6.45) is 0. The van der Waals surface area contributed by atoms with Gasteiger partial charge in [0.2, 0.25) is 0 Å². The van der Waals surface area contributed by atoms with Crippen LogP contribution in [0.25, 0.3) is 10.8 Å². The third-order valence-electron chi connectivity index (χ3n) is 4.99. The van der Waals surface area contributed by atoms with Crippen LogP contribution in [0.2, 0.25) is 0 Å². The molecule has 0 radical (unpaired) electrons. The summed E-state index contributed by atoms with van der Waals surface area (Å²) >= 11 is 0. The third-order valence-corrected chi connectivity index (χ3v) is 9.72. The van der Waals surface area contributed by atoms with Crippen LogP contribution < -0.4 is 0 Å². The van der Waals surface area contributed by atoms with E-state index < -0.39 is 99.8 Å². The Morgan fingerprint density at radius 3 is 1.71 bits per heavy atom. The second-order valence-corrected chi connectivity index (χ2v) is 15.2. The van der Waals surface area contributed by atoms with E-state index in [2.05, 4.69) is 14.4 Å². The number of benzene rings is 3. The number of azo groups is 1. The molecule has 0 unspecified atom stereocenters. The van der Waals surface area contributed by atoms with Crippen LogP contribution in [0.5, 0.6) is 5.75 Å². The molecular formula is C18H16N2O16S5. The van der Waals surface area contributed by atoms with E-state index in [1.165, 1.54) is 0 Å². The molecule has 3 rings (SSSR count). The van der Waals surface area contributed by atoms with E-state index in [4.69, 9.17) is 4.55 Å². The summed E-state index contributed by atoms with van der Waals surface area (Å²) in [6.45, 7) is -0.903. The molecular weight excluding hydrogens is 661 g/mol. The molecule has 0 aliphatic heterocycles. The Morgan fingerprint density at radius 2 is 1.22 bits per heavy atom. The highest BCUT2D eigenvalue weighted by atomic mass is 32.3. The molecule has 0 heterocycles. The summed E-state index contributed by atoms with van der Waals surface area (Å²) in [5, 5.41) is 16.3. The monoisotopic (exact) mass is 676 g/mol. The maximum absolute atomic E-state index is 12.3. The highest BCUT2D eigenvalue weighted by Gasteiger charge is 2.28. The minimum Gasteiger partial charge on any atom is -0.505 e. The number of phenolic OH excluding ortho intramolecular Hbond substituents is 1. The first-order valence-corrected chi connectivity index (χ1v) is 17.5. The lowest BCUT2D eigenvalue weighted by atomic mass is 10.1. The molecule has 0 spiro atoms. The number of hydrogen-bond donors (Lipinski definition) is 5. The van der Waals surface area contributed by atoms with Gasteiger partial charge >= 0.3 is 10.4 Å². The van der Waals surface area contributed by atoms with Crippen LogP contribution in [0.4, 0.5) is 11.4 Å². The zero-order valence-electron chi connectivity index (χ0n) is 19.6. The van der Waals surface area contributed by atoms with Gasteiger partial charge in [-0.25, -0.2) is 12.6 Å². The van der Waals surface area contributed by atoms with Gasteiger partial charge in [0.15, 0.2) is 15.6 Å². The fourth-order valence-corrected chi connectivity index (χ4v) is 6.78. The Morgan fingerprint density at radius 1 is 0.659 bits per heavy atom. The molecule has 18 nitrogen and oxygen atoms in total. The minimum atomic E-state index is -5.33. The van der Waals surface area contributed by atoms with Crippen LogP contribution >= 0.6 is 0 Å². The van der Waals surface area contributed by atoms with Crippen molar-refractivity contribution in [1.29, 1.82) is 0 Å². The van der Waals surface area contributed by atoms with Gasteiger partial charge in [0.1, 0.15) is 15.5 Å². The molecule has 0 aromatic heterocycles. The third kappa shape index (κ3) is 7.79. The van der Waals surface area contributed by atoms with Crippen molar-refractivity contribution in [1.82, 2.24) is 0 Å². The molecule has 0 atom stereocenters. The van der Waals surface area contributed by atoms with Crippen LogP contribution in [0.3, 0.4) is 0 Å². The number of sulfone groups is 1. The van der Waals surface area contributed by atoms with Gasteiger partial charge in [-0.15, -0.1) is 5.11 Å². The number of nitrogens with zero attached hydrogens (tertiary/aromatic N) is 2. The summed E-state index contributed by atoms with van der Waals surface area (Å²) in [7, 11) is -24.7. The van der Waals surface area contributed by atoms with Gasteiger partial charge in [0.25, 0.3) is 30.4 Å². The lowest BCUT2D eigenvalue weighted by Crippen LogP contribution is -2.15. The van der Waals surface area contributed by atoms with Crippen LogP contribution in [-0.4, -0.2) is 77.8 Å². The van der Waals surface area contributed by atoms with Crippen molar-refractivity contribution in [2.75, 3.05) is 12.4 Å². The molecule has 41 heavy (non-hydrogen) atoms. The first-order chi connectivity index (χ1) is 18.5. The van der Waals surface area contributed by atoms with E-state index in [9.17, 15) is 60.9 Å².